The van der Waals surface area contributed by atoms with Crippen LogP contribution in [-0.4, -0.2) is 52.4 Å². The van der Waals surface area contributed by atoms with E-state index in [1.165, 1.54) is 44.7 Å². The molecule has 0 aliphatic rings. The smallest absolute Gasteiger partial charge is 0.348 e. The molecule has 1 aromatic heterocycles. The van der Waals surface area contributed by atoms with Gasteiger partial charge in [0.2, 0.25) is 15.9 Å². The predicted octanol–water partition coefficient (Wildman–Crippen LogP) is 2.96. The lowest BCUT2D eigenvalue weighted by Crippen LogP contribution is -2.34. The molecule has 8 nitrogen and oxygen atoms in total. The standard InChI is InChI=1S/C20H20N2O6S2/c1-22(30(25,26)16-7-5-15(27-2)6-8-16)12-19(23)21-14-4-9-17-13(10-14)11-18(29-17)20(24)28-3/h4-11H,12H2,1-3H3,(H,21,23). The highest BCUT2D eigenvalue weighted by molar-refractivity contribution is 7.89. The molecular formula is C20H20N2O6S2. The Balaban J connectivity index is 1.70. The second-order valence-electron chi connectivity index (χ2n) is 6.34. The van der Waals surface area contributed by atoms with Gasteiger partial charge in [0.25, 0.3) is 0 Å². The number of nitrogens with zero attached hydrogens (tertiary/aromatic N) is 1. The van der Waals surface area contributed by atoms with E-state index >= 15 is 0 Å². The third kappa shape index (κ3) is 4.61. The van der Waals surface area contributed by atoms with Gasteiger partial charge in [-0.05, 0) is 53.9 Å². The number of hydrogen-bond acceptors (Lipinski definition) is 7. The van der Waals surface area contributed by atoms with Crippen molar-refractivity contribution in [1.29, 1.82) is 0 Å². The summed E-state index contributed by atoms with van der Waals surface area (Å²) in [5.74, 6) is -0.377. The summed E-state index contributed by atoms with van der Waals surface area (Å²) in [5.41, 5.74) is 0.497. The first-order chi connectivity index (χ1) is 14.2. The van der Waals surface area contributed by atoms with Crippen molar-refractivity contribution in [2.45, 2.75) is 4.90 Å². The van der Waals surface area contributed by atoms with Crippen molar-refractivity contribution in [3.63, 3.8) is 0 Å². The maximum absolute atomic E-state index is 12.7. The maximum atomic E-state index is 12.7. The Morgan fingerprint density at radius 1 is 1.07 bits per heavy atom. The molecule has 0 fully saturated rings. The third-order valence-electron chi connectivity index (χ3n) is 4.32. The van der Waals surface area contributed by atoms with Crippen LogP contribution in [0.25, 0.3) is 10.1 Å². The second kappa shape index (κ2) is 8.82. The van der Waals surface area contributed by atoms with Crippen LogP contribution in [0.2, 0.25) is 0 Å². The summed E-state index contributed by atoms with van der Waals surface area (Å²) in [6, 6.07) is 12.8. The lowest BCUT2D eigenvalue weighted by molar-refractivity contribution is -0.116. The van der Waals surface area contributed by atoms with Crippen molar-refractivity contribution >= 4 is 49.0 Å². The molecule has 0 saturated carbocycles. The number of ether oxygens (including phenoxy) is 2. The highest BCUT2D eigenvalue weighted by Crippen LogP contribution is 2.28. The van der Waals surface area contributed by atoms with Crippen molar-refractivity contribution in [3.8, 4) is 5.75 Å². The molecule has 1 N–H and O–H groups in total. The van der Waals surface area contributed by atoms with Gasteiger partial charge in [0.15, 0.2) is 0 Å². The molecule has 0 saturated heterocycles. The Bertz CT molecular complexity index is 1190. The molecule has 0 unspecified atom stereocenters. The van der Waals surface area contributed by atoms with E-state index in [1.807, 2.05) is 0 Å². The van der Waals surface area contributed by atoms with E-state index in [2.05, 4.69) is 5.32 Å². The molecule has 0 radical (unpaired) electrons. The Morgan fingerprint density at radius 3 is 2.40 bits per heavy atom. The van der Waals surface area contributed by atoms with Crippen LogP contribution in [-0.2, 0) is 19.6 Å². The van der Waals surface area contributed by atoms with Gasteiger partial charge in [-0.1, -0.05) is 0 Å². The van der Waals surface area contributed by atoms with E-state index in [-0.39, 0.29) is 11.4 Å². The van der Waals surface area contributed by atoms with Gasteiger partial charge in [-0.2, -0.15) is 4.31 Å². The molecule has 0 aliphatic heterocycles. The molecule has 30 heavy (non-hydrogen) atoms. The number of carbonyl (C=O) groups excluding carboxylic acids is 2. The number of amides is 1. The molecular weight excluding hydrogens is 428 g/mol. The van der Waals surface area contributed by atoms with Gasteiger partial charge in [-0.25, -0.2) is 13.2 Å². The summed E-state index contributed by atoms with van der Waals surface area (Å²) in [4.78, 5) is 24.6. The summed E-state index contributed by atoms with van der Waals surface area (Å²) in [6.45, 7) is -0.358. The number of nitrogens with one attached hydrogen (secondary N) is 1. The van der Waals surface area contributed by atoms with Crippen LogP contribution in [0.5, 0.6) is 5.75 Å². The molecule has 0 bridgehead atoms. The summed E-state index contributed by atoms with van der Waals surface area (Å²) >= 11 is 1.29. The second-order valence-corrected chi connectivity index (χ2v) is 9.47. The first-order valence-electron chi connectivity index (χ1n) is 8.77. The number of fused-ring (bicyclic) bond motifs is 1. The number of sulfonamides is 1. The first kappa shape index (κ1) is 21.8. The zero-order chi connectivity index (χ0) is 21.9. The highest BCUT2D eigenvalue weighted by Gasteiger charge is 2.23. The third-order valence-corrected chi connectivity index (χ3v) is 7.23. The van der Waals surface area contributed by atoms with Gasteiger partial charge < -0.3 is 14.8 Å². The fraction of sp³-hybridized carbons (Fsp3) is 0.200. The van der Waals surface area contributed by atoms with Gasteiger partial charge in [0, 0.05) is 17.4 Å². The number of anilines is 1. The molecule has 0 atom stereocenters. The fourth-order valence-electron chi connectivity index (χ4n) is 2.74. The fourth-order valence-corrected chi connectivity index (χ4v) is 4.83. The van der Waals surface area contributed by atoms with E-state index < -0.39 is 21.9 Å². The number of rotatable bonds is 7. The molecule has 3 rings (SSSR count). The molecule has 1 amide bonds. The van der Waals surface area contributed by atoms with Crippen LogP contribution in [0, 0.1) is 0 Å². The molecule has 1 heterocycles. The minimum Gasteiger partial charge on any atom is -0.497 e. The molecule has 158 valence electrons. The molecule has 2 aromatic carbocycles. The highest BCUT2D eigenvalue weighted by atomic mass is 32.2. The lowest BCUT2D eigenvalue weighted by atomic mass is 10.2. The molecule has 3 aromatic rings. The average molecular weight is 449 g/mol. The van der Waals surface area contributed by atoms with Crippen LogP contribution in [0.15, 0.2) is 53.4 Å². The summed E-state index contributed by atoms with van der Waals surface area (Å²) in [5, 5.41) is 3.46. The Kier molecular flexibility index (Phi) is 6.40. The Hall–Kier alpha value is -2.95. The number of esters is 1. The van der Waals surface area contributed by atoms with Crippen LogP contribution in [0.4, 0.5) is 5.69 Å². The van der Waals surface area contributed by atoms with E-state index in [0.29, 0.717) is 16.3 Å². The first-order valence-corrected chi connectivity index (χ1v) is 11.0. The van der Waals surface area contributed by atoms with Crippen LogP contribution >= 0.6 is 11.3 Å². The molecule has 0 spiro atoms. The minimum absolute atomic E-state index is 0.0635. The normalized spacial score (nSPS) is 11.5. The largest absolute Gasteiger partial charge is 0.497 e. The van der Waals surface area contributed by atoms with Gasteiger partial charge >= 0.3 is 5.97 Å². The number of methoxy groups -OCH3 is 2. The van der Waals surface area contributed by atoms with Gasteiger partial charge in [-0.15, -0.1) is 11.3 Å². The molecule has 10 heteroatoms. The number of carbonyl (C=O) groups is 2. The number of thiophene rings is 1. The van der Waals surface area contributed by atoms with Crippen molar-refractivity contribution < 1.29 is 27.5 Å². The summed E-state index contributed by atoms with van der Waals surface area (Å²) < 4.78 is 36.9. The minimum atomic E-state index is -3.83. The summed E-state index contributed by atoms with van der Waals surface area (Å²) in [7, 11) is 0.313. The van der Waals surface area contributed by atoms with Gasteiger partial charge in [-0.3, -0.25) is 4.79 Å². The topological polar surface area (TPSA) is 102 Å². The van der Waals surface area contributed by atoms with Crippen LogP contribution < -0.4 is 10.1 Å². The van der Waals surface area contributed by atoms with Gasteiger partial charge in [0.1, 0.15) is 10.6 Å². The van der Waals surface area contributed by atoms with E-state index in [9.17, 15) is 18.0 Å². The predicted molar refractivity (Wildman–Crippen MR) is 115 cm³/mol. The average Bonchev–Trinajstić information content (AvgIpc) is 3.16. The number of likely N-dealkylation sites (N-methyl/N-ethyl adjacent to an activating group) is 1. The zero-order valence-corrected chi connectivity index (χ0v) is 18.2. The van der Waals surface area contributed by atoms with Crippen molar-refractivity contribution in [3.05, 3.63) is 53.4 Å². The van der Waals surface area contributed by atoms with E-state index in [4.69, 9.17) is 9.47 Å². The van der Waals surface area contributed by atoms with Crippen LogP contribution in [0.1, 0.15) is 9.67 Å². The van der Waals surface area contributed by atoms with Gasteiger partial charge in [0.05, 0.1) is 25.7 Å². The van der Waals surface area contributed by atoms with E-state index in [1.54, 1.807) is 36.4 Å². The maximum Gasteiger partial charge on any atom is 0.348 e. The number of benzene rings is 2. The van der Waals surface area contributed by atoms with Crippen LogP contribution in [0.3, 0.4) is 0 Å². The van der Waals surface area contributed by atoms with Crippen molar-refractivity contribution in [2.24, 2.45) is 0 Å². The Morgan fingerprint density at radius 2 is 1.77 bits per heavy atom. The lowest BCUT2D eigenvalue weighted by Gasteiger charge is -2.17. The zero-order valence-electron chi connectivity index (χ0n) is 16.5. The monoisotopic (exact) mass is 448 g/mol. The molecule has 0 aliphatic carbocycles. The SMILES string of the molecule is COC(=O)c1cc2cc(NC(=O)CN(C)S(=O)(=O)c3ccc(OC)cc3)ccc2s1. The Labute approximate surface area is 178 Å². The van der Waals surface area contributed by atoms with Crippen molar-refractivity contribution in [2.75, 3.05) is 33.1 Å². The van der Waals surface area contributed by atoms with Crippen molar-refractivity contribution in [1.82, 2.24) is 4.31 Å². The summed E-state index contributed by atoms with van der Waals surface area (Å²) in [6.07, 6.45) is 0. The number of hydrogen-bond donors (Lipinski definition) is 1. The quantitative estimate of drug-likeness (QED) is 0.558. The van der Waals surface area contributed by atoms with E-state index in [0.717, 1.165) is 14.4 Å².